The molecule has 8 heteroatoms. The van der Waals surface area contributed by atoms with Crippen LogP contribution in [0.4, 0.5) is 10.5 Å². The number of nitrogens with one attached hydrogen (secondary N) is 1. The molecule has 3 heterocycles. The number of para-hydroxylation sites is 1. The highest BCUT2D eigenvalue weighted by Gasteiger charge is 2.48. The molecule has 0 bridgehead atoms. The van der Waals surface area contributed by atoms with Crippen molar-refractivity contribution < 1.29 is 9.53 Å². The number of hydrogen-bond acceptors (Lipinski definition) is 5. The standard InChI is InChI=1S/C19H18ClN5O2/c20-17-21-10-14-16(24-17)23-15(22-14)12-6-8-19(9-7-12)11-25(18(26)27-19)13-4-2-1-3-5-13/h1-5,10,12H,6-9,11H2,(H,21,22,23,24). The number of H-pyrrole nitrogens is 1. The third kappa shape index (κ3) is 2.92. The number of carbonyl (C=O) groups excluding carboxylic acids is 1. The number of imidazole rings is 1. The molecular weight excluding hydrogens is 366 g/mol. The summed E-state index contributed by atoms with van der Waals surface area (Å²) in [6.45, 7) is 0.596. The number of fused-ring (bicyclic) bond motifs is 1. The van der Waals surface area contributed by atoms with Crippen molar-refractivity contribution in [3.63, 3.8) is 0 Å². The van der Waals surface area contributed by atoms with Crippen molar-refractivity contribution in [1.82, 2.24) is 19.9 Å². The van der Waals surface area contributed by atoms with E-state index in [9.17, 15) is 4.79 Å². The number of nitrogens with zero attached hydrogens (tertiary/aromatic N) is 4. The van der Waals surface area contributed by atoms with Gasteiger partial charge in [-0.05, 0) is 49.4 Å². The Hall–Kier alpha value is -2.67. The molecule has 0 aromatic heterocycles. The molecule has 1 saturated carbocycles. The van der Waals surface area contributed by atoms with Gasteiger partial charge >= 0.3 is 6.09 Å². The lowest BCUT2D eigenvalue weighted by Crippen LogP contribution is -2.38. The molecule has 138 valence electrons. The molecule has 1 aromatic rings. The Kier molecular flexibility index (Phi) is 3.79. The number of benzene rings is 1. The fourth-order valence-electron chi connectivity index (χ4n) is 4.07. The molecular formula is C19H18ClN5O2. The third-order valence-corrected chi connectivity index (χ3v) is 5.71. The van der Waals surface area contributed by atoms with Crippen LogP contribution in [0, 0.1) is 0 Å². The van der Waals surface area contributed by atoms with Crippen LogP contribution in [-0.2, 0) is 4.74 Å². The Bertz CT molecular complexity index is 952. The Morgan fingerprint density at radius 2 is 1.93 bits per heavy atom. The number of halogens is 1. The smallest absolute Gasteiger partial charge is 0.415 e. The van der Waals surface area contributed by atoms with Gasteiger partial charge in [-0.1, -0.05) is 18.2 Å². The van der Waals surface area contributed by atoms with Gasteiger partial charge in [-0.25, -0.2) is 14.8 Å². The van der Waals surface area contributed by atoms with Crippen LogP contribution in [-0.4, -0.2) is 38.2 Å². The first-order valence-corrected chi connectivity index (χ1v) is 9.44. The van der Waals surface area contributed by atoms with Crippen molar-refractivity contribution in [2.24, 2.45) is 0 Å². The van der Waals surface area contributed by atoms with Crippen molar-refractivity contribution in [1.29, 1.82) is 0 Å². The predicted octanol–water partition coefficient (Wildman–Crippen LogP) is 4.01. The summed E-state index contributed by atoms with van der Waals surface area (Å²) in [4.78, 5) is 30.3. The fraction of sp³-hybridized carbons (Fsp3) is 0.368. The molecule has 4 aliphatic rings. The lowest BCUT2D eigenvalue weighted by Gasteiger charge is -2.34. The number of carbonyl (C=O) groups is 1. The SMILES string of the molecule is O=C1OC2(CCC(c3nc4c[nH]c(Cl)nc-4n3)CC2)CN1c1ccccc1. The molecule has 1 N–H and O–H groups in total. The molecule has 1 saturated heterocycles. The molecule has 1 amide bonds. The Labute approximate surface area is 161 Å². The van der Waals surface area contributed by atoms with Crippen molar-refractivity contribution in [2.75, 3.05) is 11.4 Å². The van der Waals surface area contributed by atoms with Crippen LogP contribution < -0.4 is 4.90 Å². The Morgan fingerprint density at radius 1 is 1.15 bits per heavy atom. The van der Waals surface area contributed by atoms with E-state index in [0.717, 1.165) is 42.9 Å². The first-order valence-electron chi connectivity index (χ1n) is 9.06. The number of hydrogen-bond donors (Lipinski definition) is 1. The van der Waals surface area contributed by atoms with Crippen LogP contribution in [0.5, 0.6) is 0 Å². The van der Waals surface area contributed by atoms with Crippen LogP contribution in [0.25, 0.3) is 11.5 Å². The number of rotatable bonds is 2. The third-order valence-electron chi connectivity index (χ3n) is 5.52. The zero-order valence-electron chi connectivity index (χ0n) is 14.6. The van der Waals surface area contributed by atoms with Gasteiger partial charge in [-0.15, -0.1) is 0 Å². The van der Waals surface area contributed by atoms with E-state index in [1.54, 1.807) is 11.1 Å². The maximum Gasteiger partial charge on any atom is 0.415 e. The van der Waals surface area contributed by atoms with E-state index in [4.69, 9.17) is 16.3 Å². The van der Waals surface area contributed by atoms with Gasteiger partial charge in [0.05, 0.1) is 6.54 Å². The minimum atomic E-state index is -0.412. The summed E-state index contributed by atoms with van der Waals surface area (Å²) in [5.74, 6) is 1.61. The van der Waals surface area contributed by atoms with Crippen molar-refractivity contribution in [3.05, 3.63) is 47.6 Å². The fourth-order valence-corrected chi connectivity index (χ4v) is 4.21. The van der Waals surface area contributed by atoms with Crippen LogP contribution in [0.1, 0.15) is 37.4 Å². The summed E-state index contributed by atoms with van der Waals surface area (Å²) in [6.07, 6.45) is 4.83. The van der Waals surface area contributed by atoms with E-state index in [1.807, 2.05) is 30.3 Å². The first-order chi connectivity index (χ1) is 13.1. The molecule has 3 aliphatic heterocycles. The van der Waals surface area contributed by atoms with Crippen LogP contribution in [0.15, 0.2) is 36.5 Å². The highest BCUT2D eigenvalue weighted by Crippen LogP contribution is 2.43. The quantitative estimate of drug-likeness (QED) is 0.676. The summed E-state index contributed by atoms with van der Waals surface area (Å²) in [7, 11) is 0. The molecule has 1 aliphatic carbocycles. The average Bonchev–Trinajstić information content (AvgIpc) is 3.24. The summed E-state index contributed by atoms with van der Waals surface area (Å²) in [5, 5.41) is 0.301. The Balaban J connectivity index is 1.31. The van der Waals surface area contributed by atoms with Crippen LogP contribution in [0.3, 0.4) is 0 Å². The minimum absolute atomic E-state index is 0.244. The van der Waals surface area contributed by atoms with Gasteiger partial charge in [0.25, 0.3) is 0 Å². The molecule has 27 heavy (non-hydrogen) atoms. The summed E-state index contributed by atoms with van der Waals surface area (Å²) >= 11 is 5.89. The van der Waals surface area contributed by atoms with Crippen LogP contribution in [0.2, 0.25) is 5.28 Å². The molecule has 5 rings (SSSR count). The van der Waals surface area contributed by atoms with Gasteiger partial charge in [0, 0.05) is 17.8 Å². The van der Waals surface area contributed by atoms with Gasteiger partial charge in [0.2, 0.25) is 5.28 Å². The second-order valence-corrected chi connectivity index (χ2v) is 7.59. The highest BCUT2D eigenvalue weighted by atomic mass is 35.5. The second kappa shape index (κ2) is 6.20. The molecule has 0 radical (unpaired) electrons. The van der Waals surface area contributed by atoms with E-state index in [0.29, 0.717) is 17.7 Å². The highest BCUT2D eigenvalue weighted by molar-refractivity contribution is 6.28. The lowest BCUT2D eigenvalue weighted by atomic mass is 9.78. The molecule has 7 nitrogen and oxygen atoms in total. The van der Waals surface area contributed by atoms with E-state index in [2.05, 4.69) is 19.9 Å². The molecule has 2 fully saturated rings. The van der Waals surface area contributed by atoms with Crippen molar-refractivity contribution in [2.45, 2.75) is 37.2 Å². The zero-order valence-corrected chi connectivity index (χ0v) is 15.3. The second-order valence-electron chi connectivity index (χ2n) is 7.23. The topological polar surface area (TPSA) is 84.0 Å². The zero-order chi connectivity index (χ0) is 18.4. The summed E-state index contributed by atoms with van der Waals surface area (Å²) in [5.41, 5.74) is 1.19. The van der Waals surface area contributed by atoms with Crippen molar-refractivity contribution >= 4 is 23.4 Å². The molecule has 1 spiro atoms. The maximum absolute atomic E-state index is 12.4. The van der Waals surface area contributed by atoms with Gasteiger partial charge in [0.1, 0.15) is 17.1 Å². The number of aromatic nitrogens is 4. The largest absolute Gasteiger partial charge is 0.441 e. The first kappa shape index (κ1) is 16.5. The van der Waals surface area contributed by atoms with Gasteiger partial charge in [-0.3, -0.25) is 4.90 Å². The minimum Gasteiger partial charge on any atom is -0.441 e. The summed E-state index contributed by atoms with van der Waals surface area (Å²) < 4.78 is 5.83. The van der Waals surface area contributed by atoms with Crippen LogP contribution >= 0.6 is 11.6 Å². The average molecular weight is 384 g/mol. The Morgan fingerprint density at radius 3 is 2.70 bits per heavy atom. The van der Waals surface area contributed by atoms with E-state index >= 15 is 0 Å². The predicted molar refractivity (Wildman–Crippen MR) is 100 cm³/mol. The summed E-state index contributed by atoms with van der Waals surface area (Å²) in [6, 6.07) is 9.67. The van der Waals surface area contributed by atoms with Crippen molar-refractivity contribution in [3.8, 4) is 11.5 Å². The lowest BCUT2D eigenvalue weighted by molar-refractivity contribution is 0.0208. The van der Waals surface area contributed by atoms with E-state index in [-0.39, 0.29) is 12.0 Å². The monoisotopic (exact) mass is 383 g/mol. The number of aromatic amines is 1. The van der Waals surface area contributed by atoms with Gasteiger partial charge < -0.3 is 9.72 Å². The number of anilines is 1. The molecule has 1 aromatic carbocycles. The van der Waals surface area contributed by atoms with Gasteiger partial charge in [-0.2, -0.15) is 4.98 Å². The van der Waals surface area contributed by atoms with E-state index < -0.39 is 5.60 Å². The maximum atomic E-state index is 12.4. The van der Waals surface area contributed by atoms with Gasteiger partial charge in [0.15, 0.2) is 5.82 Å². The number of amides is 1. The van der Waals surface area contributed by atoms with E-state index in [1.165, 1.54) is 0 Å². The molecule has 0 unspecified atom stereocenters. The molecule has 0 atom stereocenters. The normalized spacial score (nSPS) is 25.3. The number of ether oxygens (including phenoxy) is 1.